The van der Waals surface area contributed by atoms with Crippen LogP contribution in [-0.4, -0.2) is 48.0 Å². The van der Waals surface area contributed by atoms with Crippen molar-refractivity contribution in [1.29, 1.82) is 0 Å². The number of nitrogens with two attached hydrogens (primary N) is 1. The first-order chi connectivity index (χ1) is 11.3. The van der Waals surface area contributed by atoms with Gasteiger partial charge in [0.05, 0.1) is 5.56 Å². The Morgan fingerprint density at radius 2 is 1.88 bits per heavy atom. The van der Waals surface area contributed by atoms with Gasteiger partial charge in [0.15, 0.2) is 0 Å². The van der Waals surface area contributed by atoms with Gasteiger partial charge in [-0.05, 0) is 31.4 Å². The molecule has 0 aromatic carbocycles. The van der Waals surface area contributed by atoms with Gasteiger partial charge in [-0.3, -0.25) is 4.79 Å². The lowest BCUT2D eigenvalue weighted by Crippen LogP contribution is -2.53. The van der Waals surface area contributed by atoms with Crippen LogP contribution in [0, 0.1) is 12.8 Å². The highest BCUT2D eigenvalue weighted by Gasteiger charge is 2.36. The number of anilines is 1. The summed E-state index contributed by atoms with van der Waals surface area (Å²) >= 11 is 0. The Morgan fingerprint density at radius 1 is 1.25 bits per heavy atom. The van der Waals surface area contributed by atoms with Gasteiger partial charge in [0.25, 0.3) is 0 Å². The zero-order chi connectivity index (χ0) is 17.5. The zero-order valence-corrected chi connectivity index (χ0v) is 13.5. The van der Waals surface area contributed by atoms with Crippen molar-refractivity contribution in [3.8, 4) is 0 Å². The third kappa shape index (κ3) is 3.33. The number of aryl methyl sites for hydroxylation is 1. The van der Waals surface area contributed by atoms with Crippen LogP contribution in [0.25, 0.3) is 0 Å². The number of amides is 1. The third-order valence-corrected chi connectivity index (χ3v) is 4.79. The number of carbonyl (C=O) groups is 1. The molecule has 3 rings (SSSR count). The lowest BCUT2D eigenvalue weighted by molar-refractivity contribution is -0.139. The number of alkyl halides is 3. The van der Waals surface area contributed by atoms with Crippen molar-refractivity contribution in [2.24, 2.45) is 11.7 Å². The quantitative estimate of drug-likeness (QED) is 0.890. The molecule has 1 saturated carbocycles. The van der Waals surface area contributed by atoms with E-state index in [9.17, 15) is 18.0 Å². The van der Waals surface area contributed by atoms with Crippen LogP contribution in [0.5, 0.6) is 0 Å². The van der Waals surface area contributed by atoms with E-state index in [-0.39, 0.29) is 17.9 Å². The van der Waals surface area contributed by atoms with Gasteiger partial charge in [-0.2, -0.15) is 13.2 Å². The second kappa shape index (κ2) is 6.23. The number of hydrogen-bond donors (Lipinski definition) is 1. The van der Waals surface area contributed by atoms with Crippen LogP contribution in [0.3, 0.4) is 0 Å². The average molecular weight is 342 g/mol. The molecule has 0 atom stereocenters. The zero-order valence-electron chi connectivity index (χ0n) is 13.5. The van der Waals surface area contributed by atoms with Crippen LogP contribution in [-0.2, 0) is 11.0 Å². The van der Waals surface area contributed by atoms with Crippen molar-refractivity contribution in [2.75, 3.05) is 31.1 Å². The van der Waals surface area contributed by atoms with E-state index in [4.69, 9.17) is 5.73 Å². The molecule has 2 fully saturated rings. The van der Waals surface area contributed by atoms with E-state index in [0.717, 1.165) is 25.1 Å². The van der Waals surface area contributed by atoms with Crippen molar-refractivity contribution >= 4 is 11.7 Å². The largest absolute Gasteiger partial charge is 0.417 e. The van der Waals surface area contributed by atoms with Gasteiger partial charge in [0.1, 0.15) is 5.82 Å². The Bertz CT molecular complexity index is 620. The number of rotatable bonds is 2. The summed E-state index contributed by atoms with van der Waals surface area (Å²) in [6, 6.07) is 1.26. The highest BCUT2D eigenvalue weighted by molar-refractivity contribution is 5.80. The fourth-order valence-corrected chi connectivity index (χ4v) is 3.31. The summed E-state index contributed by atoms with van der Waals surface area (Å²) in [7, 11) is 0. The number of aromatic nitrogens is 1. The lowest BCUT2D eigenvalue weighted by atomic mass is 9.80. The second-order valence-corrected chi connectivity index (χ2v) is 6.60. The number of carbonyl (C=O) groups excluding carboxylic acids is 1. The first-order valence-corrected chi connectivity index (χ1v) is 8.09. The Labute approximate surface area is 138 Å². The highest BCUT2D eigenvalue weighted by atomic mass is 19.4. The minimum atomic E-state index is -4.38. The molecule has 1 aliphatic heterocycles. The van der Waals surface area contributed by atoms with E-state index in [1.54, 1.807) is 6.92 Å². The van der Waals surface area contributed by atoms with Crippen LogP contribution in [0.4, 0.5) is 19.0 Å². The molecule has 1 saturated heterocycles. The molecule has 1 aliphatic carbocycles. The predicted molar refractivity (Wildman–Crippen MR) is 83.5 cm³/mol. The van der Waals surface area contributed by atoms with Crippen LogP contribution >= 0.6 is 0 Å². The molecule has 132 valence electrons. The molecule has 2 aliphatic rings. The SMILES string of the molecule is Cc1cc(C(F)(F)F)cnc1N1CCN(C(=O)C2CC(N)C2)CC1. The van der Waals surface area contributed by atoms with E-state index in [0.29, 0.717) is 37.6 Å². The number of pyridine rings is 1. The summed E-state index contributed by atoms with van der Waals surface area (Å²) < 4.78 is 38.2. The van der Waals surface area contributed by atoms with Crippen molar-refractivity contribution in [1.82, 2.24) is 9.88 Å². The fraction of sp³-hybridized carbons (Fsp3) is 0.625. The molecule has 1 amide bonds. The fourth-order valence-electron chi connectivity index (χ4n) is 3.31. The maximum Gasteiger partial charge on any atom is 0.417 e. The Balaban J connectivity index is 1.61. The molecule has 0 bridgehead atoms. The summed E-state index contributed by atoms with van der Waals surface area (Å²) in [6.07, 6.45) is -2.02. The Kier molecular flexibility index (Phi) is 4.42. The number of piperazine rings is 1. The summed E-state index contributed by atoms with van der Waals surface area (Å²) in [5.41, 5.74) is 5.48. The summed E-state index contributed by atoms with van der Waals surface area (Å²) in [5.74, 6) is 0.742. The van der Waals surface area contributed by atoms with Crippen LogP contribution in [0.15, 0.2) is 12.3 Å². The van der Waals surface area contributed by atoms with Crippen molar-refractivity contribution in [3.63, 3.8) is 0 Å². The third-order valence-electron chi connectivity index (χ3n) is 4.79. The monoisotopic (exact) mass is 342 g/mol. The smallest absolute Gasteiger partial charge is 0.353 e. The maximum atomic E-state index is 12.7. The van der Waals surface area contributed by atoms with E-state index in [1.165, 1.54) is 0 Å². The molecule has 8 heteroatoms. The molecule has 0 unspecified atom stereocenters. The standard InChI is InChI=1S/C16H21F3N4O/c1-10-6-12(16(17,18)19)9-21-14(10)22-2-4-23(5-3-22)15(24)11-7-13(20)8-11/h6,9,11,13H,2-5,7-8,20H2,1H3. The molecular formula is C16H21F3N4O. The lowest BCUT2D eigenvalue weighted by Gasteiger charge is -2.40. The first-order valence-electron chi connectivity index (χ1n) is 8.09. The van der Waals surface area contributed by atoms with Crippen molar-refractivity contribution in [2.45, 2.75) is 32.0 Å². The molecule has 1 aromatic heterocycles. The van der Waals surface area contributed by atoms with Crippen molar-refractivity contribution in [3.05, 3.63) is 23.4 Å². The predicted octanol–water partition coefficient (Wildman–Crippen LogP) is 1.79. The second-order valence-electron chi connectivity index (χ2n) is 6.60. The van der Waals surface area contributed by atoms with Gasteiger partial charge in [-0.15, -0.1) is 0 Å². The molecule has 1 aromatic rings. The van der Waals surface area contributed by atoms with Gasteiger partial charge >= 0.3 is 6.18 Å². The maximum absolute atomic E-state index is 12.7. The average Bonchev–Trinajstić information content (AvgIpc) is 2.50. The molecule has 5 nitrogen and oxygen atoms in total. The molecule has 24 heavy (non-hydrogen) atoms. The van der Waals surface area contributed by atoms with Crippen LogP contribution < -0.4 is 10.6 Å². The topological polar surface area (TPSA) is 62.5 Å². The van der Waals surface area contributed by atoms with E-state index < -0.39 is 11.7 Å². The highest BCUT2D eigenvalue weighted by Crippen LogP contribution is 2.32. The minimum Gasteiger partial charge on any atom is -0.353 e. The number of hydrogen-bond acceptors (Lipinski definition) is 4. The molecule has 0 radical (unpaired) electrons. The normalized spacial score (nSPS) is 24.7. The van der Waals surface area contributed by atoms with Gasteiger partial charge in [-0.25, -0.2) is 4.98 Å². The number of halogens is 3. The van der Waals surface area contributed by atoms with Crippen molar-refractivity contribution < 1.29 is 18.0 Å². The Morgan fingerprint density at radius 3 is 2.38 bits per heavy atom. The van der Waals surface area contributed by atoms with Gasteiger partial charge in [0, 0.05) is 44.3 Å². The summed E-state index contributed by atoms with van der Waals surface area (Å²) in [4.78, 5) is 20.1. The first kappa shape index (κ1) is 17.0. The van der Waals surface area contributed by atoms with E-state index >= 15 is 0 Å². The molecule has 2 N–H and O–H groups in total. The van der Waals surface area contributed by atoms with Gasteiger partial charge < -0.3 is 15.5 Å². The Hall–Kier alpha value is -1.83. The van der Waals surface area contributed by atoms with Gasteiger partial charge in [0.2, 0.25) is 5.91 Å². The summed E-state index contributed by atoms with van der Waals surface area (Å²) in [5, 5.41) is 0. The van der Waals surface area contributed by atoms with Gasteiger partial charge in [-0.1, -0.05) is 0 Å². The van der Waals surface area contributed by atoms with E-state index in [1.807, 2.05) is 9.80 Å². The van der Waals surface area contributed by atoms with Crippen LogP contribution in [0.1, 0.15) is 24.0 Å². The van der Waals surface area contributed by atoms with E-state index in [2.05, 4.69) is 4.98 Å². The summed E-state index contributed by atoms with van der Waals surface area (Å²) in [6.45, 7) is 3.90. The van der Waals surface area contributed by atoms with Crippen LogP contribution in [0.2, 0.25) is 0 Å². The molecule has 2 heterocycles. The molecular weight excluding hydrogens is 321 g/mol. The minimum absolute atomic E-state index is 0.0393. The molecule has 0 spiro atoms. The number of nitrogens with zero attached hydrogens (tertiary/aromatic N) is 3.